The van der Waals surface area contributed by atoms with Crippen molar-refractivity contribution in [3.8, 4) is 0 Å². The van der Waals surface area contributed by atoms with Crippen molar-refractivity contribution in [1.29, 1.82) is 0 Å². The number of ketones is 1. The molecule has 0 heterocycles. The molecule has 6 nitrogen and oxygen atoms in total. The quantitative estimate of drug-likeness (QED) is 0.366. The van der Waals surface area contributed by atoms with Gasteiger partial charge in [-0.2, -0.15) is 0 Å². The molecule has 0 aliphatic carbocycles. The van der Waals surface area contributed by atoms with Crippen LogP contribution in [0.4, 0.5) is 10.1 Å². The van der Waals surface area contributed by atoms with E-state index in [1.165, 1.54) is 30.3 Å². The van der Waals surface area contributed by atoms with Crippen LogP contribution in [0, 0.1) is 22.9 Å². The number of ether oxygens (including phenoxy) is 1. The number of benzene rings is 2. The summed E-state index contributed by atoms with van der Waals surface area (Å²) in [5.41, 5.74) is -0.0231. The molecule has 0 aliphatic rings. The van der Waals surface area contributed by atoms with E-state index in [9.17, 15) is 24.1 Å². The molecule has 0 unspecified atom stereocenters. The lowest BCUT2D eigenvalue weighted by Crippen LogP contribution is -2.15. The zero-order valence-corrected chi connectivity index (χ0v) is 12.1. The first-order chi connectivity index (χ1) is 10.9. The number of hydrogen-bond acceptors (Lipinski definition) is 5. The number of esters is 1. The molecule has 7 heteroatoms. The van der Waals surface area contributed by atoms with E-state index in [4.69, 9.17) is 4.74 Å². The number of nitrogens with zero attached hydrogens (tertiary/aromatic N) is 1. The van der Waals surface area contributed by atoms with Gasteiger partial charge >= 0.3 is 5.97 Å². The first-order valence-electron chi connectivity index (χ1n) is 6.60. The minimum atomic E-state index is -0.974. The molecule has 2 rings (SSSR count). The number of carbonyl (C=O) groups is 2. The number of aryl methyl sites for hydroxylation is 1. The number of carbonyl (C=O) groups excluding carboxylic acids is 2. The molecule has 0 N–H and O–H groups in total. The fourth-order valence-corrected chi connectivity index (χ4v) is 1.90. The predicted octanol–water partition coefficient (Wildman–Crippen LogP) is 3.08. The van der Waals surface area contributed by atoms with Crippen LogP contribution in [-0.2, 0) is 4.74 Å². The van der Waals surface area contributed by atoms with Gasteiger partial charge in [0.15, 0.2) is 6.61 Å². The fraction of sp³-hybridized carbons (Fsp3) is 0.125. The first kappa shape index (κ1) is 16.3. The molecule has 0 spiro atoms. The Morgan fingerprint density at radius 1 is 1.22 bits per heavy atom. The molecule has 0 radical (unpaired) electrons. The van der Waals surface area contributed by atoms with Gasteiger partial charge in [-0.15, -0.1) is 0 Å². The van der Waals surface area contributed by atoms with Gasteiger partial charge in [0.2, 0.25) is 5.78 Å². The molecular weight excluding hydrogens is 305 g/mol. The van der Waals surface area contributed by atoms with Crippen molar-refractivity contribution in [1.82, 2.24) is 0 Å². The molecule has 0 atom stereocenters. The summed E-state index contributed by atoms with van der Waals surface area (Å²) in [7, 11) is 0. The van der Waals surface area contributed by atoms with Crippen molar-refractivity contribution in [3.05, 3.63) is 75.1 Å². The Kier molecular flexibility index (Phi) is 4.80. The van der Waals surface area contributed by atoms with E-state index in [0.29, 0.717) is 5.56 Å². The van der Waals surface area contributed by atoms with Gasteiger partial charge in [0.1, 0.15) is 5.82 Å². The van der Waals surface area contributed by atoms with E-state index in [2.05, 4.69) is 0 Å². The third-order valence-electron chi connectivity index (χ3n) is 3.16. The monoisotopic (exact) mass is 317 g/mol. The number of hydrogen-bond donors (Lipinski definition) is 0. The Morgan fingerprint density at radius 2 is 1.91 bits per heavy atom. The fourth-order valence-electron chi connectivity index (χ4n) is 1.90. The maximum atomic E-state index is 13.4. The van der Waals surface area contributed by atoms with Crippen LogP contribution >= 0.6 is 0 Å². The van der Waals surface area contributed by atoms with Gasteiger partial charge in [0.25, 0.3) is 5.69 Å². The summed E-state index contributed by atoms with van der Waals surface area (Å²) in [5, 5.41) is 10.9. The van der Waals surface area contributed by atoms with E-state index in [1.807, 2.05) is 0 Å². The van der Waals surface area contributed by atoms with Crippen molar-refractivity contribution in [2.45, 2.75) is 6.92 Å². The third-order valence-corrected chi connectivity index (χ3v) is 3.16. The van der Waals surface area contributed by atoms with E-state index in [0.717, 1.165) is 12.1 Å². The number of nitro benzene ring substituents is 1. The lowest BCUT2D eigenvalue weighted by molar-refractivity contribution is -0.385. The molecule has 0 bridgehead atoms. The van der Waals surface area contributed by atoms with Crippen molar-refractivity contribution in [2.75, 3.05) is 6.61 Å². The molecule has 0 fully saturated rings. The minimum Gasteiger partial charge on any atom is -0.454 e. The van der Waals surface area contributed by atoms with Gasteiger partial charge in [-0.3, -0.25) is 14.9 Å². The van der Waals surface area contributed by atoms with Crippen LogP contribution in [0.1, 0.15) is 26.3 Å². The lowest BCUT2D eigenvalue weighted by Gasteiger charge is -2.06. The molecule has 0 aliphatic heterocycles. The highest BCUT2D eigenvalue weighted by atomic mass is 19.1. The normalized spacial score (nSPS) is 10.2. The third kappa shape index (κ3) is 3.76. The van der Waals surface area contributed by atoms with Crippen LogP contribution < -0.4 is 0 Å². The molecule has 118 valence electrons. The van der Waals surface area contributed by atoms with Crippen molar-refractivity contribution < 1.29 is 23.6 Å². The average Bonchev–Trinajstić information content (AvgIpc) is 2.52. The maximum absolute atomic E-state index is 13.4. The Hall–Kier alpha value is -3.09. The van der Waals surface area contributed by atoms with Gasteiger partial charge in [-0.1, -0.05) is 24.3 Å². The Balaban J connectivity index is 2.08. The standard InChI is InChI=1S/C16H12FNO5/c1-10-6-7-11(8-14(10)18(21)22)15(19)9-23-16(20)12-4-2-3-5-13(12)17/h2-8H,9H2,1H3. The zero-order valence-electron chi connectivity index (χ0n) is 12.1. The highest BCUT2D eigenvalue weighted by molar-refractivity contribution is 5.99. The summed E-state index contributed by atoms with van der Waals surface area (Å²) in [6, 6.07) is 9.17. The number of nitro groups is 1. The van der Waals surface area contributed by atoms with Crippen LogP contribution in [0.25, 0.3) is 0 Å². The first-order valence-corrected chi connectivity index (χ1v) is 6.60. The van der Waals surface area contributed by atoms with Gasteiger partial charge in [-0.05, 0) is 19.1 Å². The molecular formula is C16H12FNO5. The van der Waals surface area contributed by atoms with Crippen LogP contribution in [0.3, 0.4) is 0 Å². The van der Waals surface area contributed by atoms with Crippen LogP contribution in [0.5, 0.6) is 0 Å². The minimum absolute atomic E-state index is 0.0450. The number of rotatable bonds is 5. The maximum Gasteiger partial charge on any atom is 0.341 e. The van der Waals surface area contributed by atoms with Gasteiger partial charge in [0, 0.05) is 17.2 Å². The largest absolute Gasteiger partial charge is 0.454 e. The summed E-state index contributed by atoms with van der Waals surface area (Å²) in [4.78, 5) is 33.9. The second-order valence-electron chi connectivity index (χ2n) is 4.74. The summed E-state index contributed by atoms with van der Waals surface area (Å²) in [6.07, 6.45) is 0. The van der Waals surface area contributed by atoms with Gasteiger partial charge in [-0.25, -0.2) is 9.18 Å². The van der Waals surface area contributed by atoms with Crippen LogP contribution in [0.15, 0.2) is 42.5 Å². The van der Waals surface area contributed by atoms with E-state index < -0.39 is 29.1 Å². The number of Topliss-reactive ketones (excluding diaryl/α,β-unsaturated/α-hetero) is 1. The molecule has 23 heavy (non-hydrogen) atoms. The Morgan fingerprint density at radius 3 is 2.57 bits per heavy atom. The summed E-state index contributed by atoms with van der Waals surface area (Å²) >= 11 is 0. The molecule has 2 aromatic rings. The number of halogens is 1. The van der Waals surface area contributed by atoms with Crippen LogP contribution in [0.2, 0.25) is 0 Å². The predicted molar refractivity (Wildman–Crippen MR) is 78.8 cm³/mol. The van der Waals surface area contributed by atoms with Gasteiger partial charge < -0.3 is 4.74 Å². The van der Waals surface area contributed by atoms with E-state index in [-0.39, 0.29) is 16.8 Å². The smallest absolute Gasteiger partial charge is 0.341 e. The highest BCUT2D eigenvalue weighted by Crippen LogP contribution is 2.19. The van der Waals surface area contributed by atoms with E-state index >= 15 is 0 Å². The molecule has 0 aromatic heterocycles. The van der Waals surface area contributed by atoms with Crippen molar-refractivity contribution >= 4 is 17.4 Å². The lowest BCUT2D eigenvalue weighted by atomic mass is 10.1. The van der Waals surface area contributed by atoms with Gasteiger partial charge in [0.05, 0.1) is 10.5 Å². The van der Waals surface area contributed by atoms with Crippen molar-refractivity contribution in [2.24, 2.45) is 0 Å². The summed E-state index contributed by atoms with van der Waals surface area (Å²) in [5.74, 6) is -2.34. The molecule has 0 saturated heterocycles. The van der Waals surface area contributed by atoms with E-state index in [1.54, 1.807) is 6.92 Å². The second-order valence-corrected chi connectivity index (χ2v) is 4.74. The highest BCUT2D eigenvalue weighted by Gasteiger charge is 2.18. The average molecular weight is 317 g/mol. The Labute approximate surface area is 130 Å². The summed E-state index contributed by atoms with van der Waals surface area (Å²) < 4.78 is 18.2. The molecule has 2 aromatic carbocycles. The zero-order chi connectivity index (χ0) is 17.0. The molecule has 0 saturated carbocycles. The topological polar surface area (TPSA) is 86.5 Å². The second kappa shape index (κ2) is 6.78. The van der Waals surface area contributed by atoms with Crippen LogP contribution in [-0.4, -0.2) is 23.3 Å². The Bertz CT molecular complexity index is 788. The summed E-state index contributed by atoms with van der Waals surface area (Å²) in [6.45, 7) is 0.915. The SMILES string of the molecule is Cc1ccc(C(=O)COC(=O)c2ccccc2F)cc1[N+](=O)[O-]. The molecule has 0 amide bonds. The van der Waals surface area contributed by atoms with Crippen molar-refractivity contribution in [3.63, 3.8) is 0 Å².